The number of carbonyl (C=O) groups is 1. The summed E-state index contributed by atoms with van der Waals surface area (Å²) in [6, 6.07) is 0. The molecule has 1 heterocycles. The maximum absolute atomic E-state index is 12.0. The summed E-state index contributed by atoms with van der Waals surface area (Å²) < 4.78 is 31.4. The molecule has 0 bridgehead atoms. The highest BCUT2D eigenvalue weighted by Crippen LogP contribution is 2.20. The van der Waals surface area contributed by atoms with Gasteiger partial charge < -0.3 is 9.84 Å². The average Bonchev–Trinajstić information content (AvgIpc) is 2.76. The second kappa shape index (κ2) is 5.95. The van der Waals surface area contributed by atoms with Gasteiger partial charge in [0.1, 0.15) is 0 Å². The predicted octanol–water partition coefficient (Wildman–Crippen LogP) is 0.935. The topological polar surface area (TPSA) is 106 Å². The van der Waals surface area contributed by atoms with Crippen molar-refractivity contribution in [2.24, 2.45) is 0 Å². The van der Waals surface area contributed by atoms with Gasteiger partial charge in [0.05, 0.1) is 11.1 Å². The fourth-order valence-electron chi connectivity index (χ4n) is 1.34. The van der Waals surface area contributed by atoms with Gasteiger partial charge in [0, 0.05) is 13.2 Å². The SMILES string of the molecule is CCOC(C)(C)CNS(=O)(=O)c1scnc1C(=O)O. The molecule has 0 unspecified atom stereocenters. The van der Waals surface area contributed by atoms with Gasteiger partial charge in [-0.1, -0.05) is 0 Å². The lowest BCUT2D eigenvalue weighted by molar-refractivity contribution is -0.00514. The lowest BCUT2D eigenvalue weighted by Crippen LogP contribution is -2.40. The number of carboxylic acids is 1. The van der Waals surface area contributed by atoms with Crippen molar-refractivity contribution in [2.75, 3.05) is 13.2 Å². The fourth-order valence-corrected chi connectivity index (χ4v) is 3.73. The Morgan fingerprint density at radius 3 is 2.74 bits per heavy atom. The number of aromatic nitrogens is 1. The molecule has 0 amide bonds. The fraction of sp³-hybridized carbons (Fsp3) is 0.600. The molecule has 7 nitrogen and oxygen atoms in total. The van der Waals surface area contributed by atoms with Crippen LogP contribution in [0.3, 0.4) is 0 Å². The average molecular weight is 308 g/mol. The highest BCUT2D eigenvalue weighted by Gasteiger charge is 2.28. The molecule has 1 aromatic heterocycles. The van der Waals surface area contributed by atoms with Crippen LogP contribution in [0.2, 0.25) is 0 Å². The predicted molar refractivity (Wildman–Crippen MR) is 70.0 cm³/mol. The first-order chi connectivity index (χ1) is 8.69. The van der Waals surface area contributed by atoms with Gasteiger partial charge in [-0.05, 0) is 20.8 Å². The molecule has 0 radical (unpaired) electrons. The van der Waals surface area contributed by atoms with Crippen LogP contribution in [-0.4, -0.2) is 43.2 Å². The lowest BCUT2D eigenvalue weighted by Gasteiger charge is -2.24. The van der Waals surface area contributed by atoms with Gasteiger partial charge in [0.2, 0.25) is 0 Å². The number of sulfonamides is 1. The van der Waals surface area contributed by atoms with Crippen molar-refractivity contribution in [2.45, 2.75) is 30.6 Å². The largest absolute Gasteiger partial charge is 0.476 e. The van der Waals surface area contributed by atoms with Crippen molar-refractivity contribution >= 4 is 27.3 Å². The van der Waals surface area contributed by atoms with Gasteiger partial charge in [-0.2, -0.15) is 0 Å². The van der Waals surface area contributed by atoms with E-state index in [9.17, 15) is 13.2 Å². The molecule has 0 aliphatic carbocycles. The van der Waals surface area contributed by atoms with Gasteiger partial charge in [0.25, 0.3) is 10.0 Å². The van der Waals surface area contributed by atoms with E-state index in [0.29, 0.717) is 6.61 Å². The standard InChI is InChI=1S/C10H16N2O5S2/c1-4-17-10(2,3)5-12-19(15,16)9-7(8(13)14)11-6-18-9/h6,12H,4-5H2,1-3H3,(H,13,14). The molecule has 0 aliphatic rings. The number of carboxylic acid groups (broad SMARTS) is 1. The number of rotatable bonds is 7. The van der Waals surface area contributed by atoms with E-state index in [4.69, 9.17) is 9.84 Å². The molecule has 9 heteroatoms. The molecule has 2 N–H and O–H groups in total. The summed E-state index contributed by atoms with van der Waals surface area (Å²) in [6.45, 7) is 5.78. The Bertz CT molecular complexity index is 550. The first-order valence-corrected chi connectivity index (χ1v) is 7.86. The zero-order valence-electron chi connectivity index (χ0n) is 10.8. The maximum atomic E-state index is 12.0. The Hall–Kier alpha value is -1.03. The summed E-state index contributed by atoms with van der Waals surface area (Å²) in [7, 11) is -3.90. The Kier molecular flexibility index (Phi) is 5.02. The molecule has 1 aromatic rings. The zero-order chi connectivity index (χ0) is 14.7. The minimum atomic E-state index is -3.90. The first kappa shape index (κ1) is 16.0. The number of hydrogen-bond donors (Lipinski definition) is 2. The van der Waals surface area contributed by atoms with E-state index in [2.05, 4.69) is 9.71 Å². The maximum Gasteiger partial charge on any atom is 0.356 e. The molecular formula is C10H16N2O5S2. The Morgan fingerprint density at radius 2 is 2.21 bits per heavy atom. The molecule has 0 saturated heterocycles. The third-order valence-corrected chi connectivity index (χ3v) is 4.98. The van der Waals surface area contributed by atoms with Crippen LogP contribution in [0.5, 0.6) is 0 Å². The molecule has 108 valence electrons. The number of thiazole rings is 1. The number of nitrogens with one attached hydrogen (secondary N) is 1. The summed E-state index contributed by atoms with van der Waals surface area (Å²) in [5, 5.41) is 8.86. The van der Waals surface area contributed by atoms with Gasteiger partial charge in [-0.25, -0.2) is 22.9 Å². The van der Waals surface area contributed by atoms with Crippen LogP contribution in [0.15, 0.2) is 9.72 Å². The Morgan fingerprint density at radius 1 is 1.58 bits per heavy atom. The number of hydrogen-bond acceptors (Lipinski definition) is 6. The van der Waals surface area contributed by atoms with Crippen molar-refractivity contribution < 1.29 is 23.1 Å². The van der Waals surface area contributed by atoms with Gasteiger partial charge in [-0.3, -0.25) is 0 Å². The molecule has 0 atom stereocenters. The van der Waals surface area contributed by atoms with E-state index in [-0.39, 0.29) is 10.8 Å². The van der Waals surface area contributed by atoms with Gasteiger partial charge in [-0.15, -0.1) is 11.3 Å². The van der Waals surface area contributed by atoms with Crippen molar-refractivity contribution in [1.82, 2.24) is 9.71 Å². The smallest absolute Gasteiger partial charge is 0.356 e. The molecule has 0 aromatic carbocycles. The minimum absolute atomic E-state index is 0.0418. The number of ether oxygens (including phenoxy) is 1. The van der Waals surface area contributed by atoms with Gasteiger partial charge >= 0.3 is 5.97 Å². The molecule has 0 saturated carbocycles. The van der Waals surface area contributed by atoms with Crippen LogP contribution in [0.1, 0.15) is 31.3 Å². The normalized spacial score (nSPS) is 12.6. The summed E-state index contributed by atoms with van der Waals surface area (Å²) >= 11 is 0.766. The van der Waals surface area contributed by atoms with Gasteiger partial charge in [0.15, 0.2) is 9.90 Å². The third kappa shape index (κ3) is 4.23. The summed E-state index contributed by atoms with van der Waals surface area (Å²) in [5.41, 5.74) is 0.0495. The number of nitrogens with zero attached hydrogens (tertiary/aromatic N) is 1. The molecular weight excluding hydrogens is 292 g/mol. The van der Waals surface area contributed by atoms with E-state index >= 15 is 0 Å². The van der Waals surface area contributed by atoms with E-state index < -0.39 is 27.3 Å². The minimum Gasteiger partial charge on any atom is -0.476 e. The first-order valence-electron chi connectivity index (χ1n) is 5.50. The van der Waals surface area contributed by atoms with E-state index in [0.717, 1.165) is 11.3 Å². The van der Waals surface area contributed by atoms with Crippen molar-refractivity contribution in [3.05, 3.63) is 11.2 Å². The van der Waals surface area contributed by atoms with E-state index in [1.54, 1.807) is 13.8 Å². The van der Waals surface area contributed by atoms with E-state index in [1.165, 1.54) is 5.51 Å². The lowest BCUT2D eigenvalue weighted by atomic mass is 10.1. The van der Waals surface area contributed by atoms with Crippen molar-refractivity contribution in [1.29, 1.82) is 0 Å². The van der Waals surface area contributed by atoms with Crippen LogP contribution in [0, 0.1) is 0 Å². The Balaban J connectivity index is 2.88. The summed E-state index contributed by atoms with van der Waals surface area (Å²) in [4.78, 5) is 14.4. The summed E-state index contributed by atoms with van der Waals surface area (Å²) in [6.07, 6.45) is 0. The van der Waals surface area contributed by atoms with Crippen LogP contribution >= 0.6 is 11.3 Å². The van der Waals surface area contributed by atoms with Crippen LogP contribution in [0.4, 0.5) is 0 Å². The van der Waals surface area contributed by atoms with Crippen molar-refractivity contribution in [3.8, 4) is 0 Å². The molecule has 19 heavy (non-hydrogen) atoms. The van der Waals surface area contributed by atoms with Crippen LogP contribution in [-0.2, 0) is 14.8 Å². The van der Waals surface area contributed by atoms with Crippen LogP contribution in [0.25, 0.3) is 0 Å². The highest BCUT2D eigenvalue weighted by atomic mass is 32.2. The Labute approximate surface area is 115 Å². The molecule has 0 aliphatic heterocycles. The molecule has 0 fully saturated rings. The number of aromatic carboxylic acids is 1. The quantitative estimate of drug-likeness (QED) is 0.776. The second-order valence-corrected chi connectivity index (χ2v) is 7.13. The second-order valence-electron chi connectivity index (χ2n) is 4.31. The monoisotopic (exact) mass is 308 g/mol. The van der Waals surface area contributed by atoms with E-state index in [1.807, 2.05) is 6.92 Å². The zero-order valence-corrected chi connectivity index (χ0v) is 12.5. The van der Waals surface area contributed by atoms with Crippen LogP contribution < -0.4 is 4.72 Å². The molecule has 1 rings (SSSR count). The third-order valence-electron chi connectivity index (χ3n) is 2.20. The highest BCUT2D eigenvalue weighted by molar-refractivity contribution is 7.91. The summed E-state index contributed by atoms with van der Waals surface area (Å²) in [5.74, 6) is -1.37. The van der Waals surface area contributed by atoms with Crippen molar-refractivity contribution in [3.63, 3.8) is 0 Å². The molecule has 0 spiro atoms.